The maximum atomic E-state index is 13.5. The number of amides is 1. The molecular formula is C22H20F3N5O2S. The summed E-state index contributed by atoms with van der Waals surface area (Å²) in [4.78, 5) is 30.0. The van der Waals surface area contributed by atoms with Crippen molar-refractivity contribution in [3.05, 3.63) is 53.3 Å². The SMILES string of the molecule is COc1c(C(F)(F)F)ccnc1N1C2CCC1CN(C(=O)c1cccnc1-c1nccs1)C2. The van der Waals surface area contributed by atoms with Crippen LogP contribution in [0.1, 0.15) is 28.8 Å². The molecule has 3 aromatic rings. The van der Waals surface area contributed by atoms with Crippen LogP contribution in [-0.2, 0) is 6.18 Å². The number of ether oxygens (including phenoxy) is 1. The minimum atomic E-state index is -4.55. The maximum Gasteiger partial charge on any atom is 0.420 e. The molecule has 0 saturated carbocycles. The lowest BCUT2D eigenvalue weighted by atomic mass is 10.1. The smallest absolute Gasteiger partial charge is 0.420 e. The van der Waals surface area contributed by atoms with Gasteiger partial charge in [0.25, 0.3) is 5.91 Å². The number of hydrogen-bond donors (Lipinski definition) is 0. The number of carbonyl (C=O) groups is 1. The predicted octanol–water partition coefficient (Wildman–Crippen LogP) is 4.12. The van der Waals surface area contributed by atoms with Crippen LogP contribution in [0.25, 0.3) is 10.7 Å². The molecule has 1 amide bonds. The van der Waals surface area contributed by atoms with E-state index in [0.29, 0.717) is 29.4 Å². The fraction of sp³-hybridized carbons (Fsp3) is 0.364. The number of aromatic nitrogens is 3. The van der Waals surface area contributed by atoms with Crippen molar-refractivity contribution in [1.29, 1.82) is 0 Å². The average molecular weight is 475 g/mol. The van der Waals surface area contributed by atoms with E-state index in [1.807, 2.05) is 10.3 Å². The predicted molar refractivity (Wildman–Crippen MR) is 116 cm³/mol. The van der Waals surface area contributed by atoms with Crippen LogP contribution in [0.15, 0.2) is 42.2 Å². The zero-order chi connectivity index (χ0) is 23.2. The van der Waals surface area contributed by atoms with Crippen LogP contribution in [0.5, 0.6) is 5.75 Å². The summed E-state index contributed by atoms with van der Waals surface area (Å²) in [5, 5.41) is 2.49. The molecule has 33 heavy (non-hydrogen) atoms. The number of likely N-dealkylation sites (tertiary alicyclic amines) is 1. The van der Waals surface area contributed by atoms with Crippen molar-refractivity contribution in [3.8, 4) is 16.5 Å². The van der Waals surface area contributed by atoms with Crippen molar-refractivity contribution in [2.45, 2.75) is 31.1 Å². The summed E-state index contributed by atoms with van der Waals surface area (Å²) >= 11 is 1.41. The summed E-state index contributed by atoms with van der Waals surface area (Å²) in [6.07, 6.45) is 1.40. The van der Waals surface area contributed by atoms with Gasteiger partial charge in [-0.3, -0.25) is 9.78 Å². The number of anilines is 1. The van der Waals surface area contributed by atoms with Gasteiger partial charge in [0.05, 0.1) is 12.7 Å². The molecule has 2 aliphatic heterocycles. The van der Waals surface area contributed by atoms with E-state index in [9.17, 15) is 18.0 Å². The van der Waals surface area contributed by atoms with E-state index in [4.69, 9.17) is 4.74 Å². The monoisotopic (exact) mass is 475 g/mol. The van der Waals surface area contributed by atoms with E-state index in [0.717, 1.165) is 25.1 Å². The summed E-state index contributed by atoms with van der Waals surface area (Å²) < 4.78 is 45.7. The highest BCUT2D eigenvalue weighted by Crippen LogP contribution is 2.44. The van der Waals surface area contributed by atoms with Crippen molar-refractivity contribution in [3.63, 3.8) is 0 Å². The van der Waals surface area contributed by atoms with E-state index in [2.05, 4.69) is 15.0 Å². The first kappa shape index (κ1) is 21.6. The number of thiazole rings is 1. The van der Waals surface area contributed by atoms with E-state index in [1.165, 1.54) is 18.4 Å². The molecule has 0 aromatic carbocycles. The summed E-state index contributed by atoms with van der Waals surface area (Å²) in [5.41, 5.74) is 0.153. The Kier molecular flexibility index (Phi) is 5.43. The fourth-order valence-corrected chi connectivity index (χ4v) is 5.37. The van der Waals surface area contributed by atoms with Crippen molar-refractivity contribution in [2.24, 2.45) is 0 Å². The number of pyridine rings is 2. The van der Waals surface area contributed by atoms with E-state index in [-0.39, 0.29) is 29.6 Å². The lowest BCUT2D eigenvalue weighted by Crippen LogP contribution is -2.56. The number of carbonyl (C=O) groups excluding carboxylic acids is 1. The number of alkyl halides is 3. The standard InChI is InChI=1S/C22H20F3N5O2S/c1-32-18-16(22(23,24)25)6-8-27-19(18)30-13-4-5-14(30)12-29(11-13)21(31)15-3-2-7-26-17(15)20-28-9-10-33-20/h2-3,6-10,13-14H,4-5,11-12H2,1H3. The van der Waals surface area contributed by atoms with Crippen LogP contribution in [0.4, 0.5) is 19.0 Å². The molecule has 0 spiro atoms. The summed E-state index contributed by atoms with van der Waals surface area (Å²) in [5.74, 6) is -0.259. The van der Waals surface area contributed by atoms with Gasteiger partial charge in [-0.1, -0.05) is 0 Å². The van der Waals surface area contributed by atoms with Gasteiger partial charge in [0.15, 0.2) is 11.6 Å². The Balaban J connectivity index is 1.44. The summed E-state index contributed by atoms with van der Waals surface area (Å²) in [6.45, 7) is 0.755. The van der Waals surface area contributed by atoms with Gasteiger partial charge in [0.1, 0.15) is 16.3 Å². The molecule has 5 heterocycles. The zero-order valence-electron chi connectivity index (χ0n) is 17.6. The minimum Gasteiger partial charge on any atom is -0.492 e. The second-order valence-corrected chi connectivity index (χ2v) is 8.85. The van der Waals surface area contributed by atoms with Crippen LogP contribution in [0.3, 0.4) is 0 Å². The minimum absolute atomic E-state index is 0.155. The molecule has 2 atom stereocenters. The molecule has 2 saturated heterocycles. The lowest BCUT2D eigenvalue weighted by molar-refractivity contribution is -0.138. The second-order valence-electron chi connectivity index (χ2n) is 7.95. The van der Waals surface area contributed by atoms with Gasteiger partial charge in [-0.05, 0) is 31.0 Å². The molecule has 2 fully saturated rings. The molecule has 5 rings (SSSR count). The molecule has 2 unspecified atom stereocenters. The second kappa shape index (κ2) is 8.29. The molecule has 3 aromatic heterocycles. The van der Waals surface area contributed by atoms with Crippen molar-refractivity contribution in [2.75, 3.05) is 25.1 Å². The number of hydrogen-bond acceptors (Lipinski definition) is 7. The number of halogens is 3. The quantitative estimate of drug-likeness (QED) is 0.565. The van der Waals surface area contributed by atoms with Crippen LogP contribution in [0, 0.1) is 0 Å². The van der Waals surface area contributed by atoms with Gasteiger partial charge in [-0.25, -0.2) is 9.97 Å². The molecule has 0 aliphatic carbocycles. The number of piperazine rings is 1. The van der Waals surface area contributed by atoms with Gasteiger partial charge in [0.2, 0.25) is 0 Å². The van der Waals surface area contributed by atoms with Crippen molar-refractivity contribution < 1.29 is 22.7 Å². The molecule has 2 bridgehead atoms. The van der Waals surface area contributed by atoms with Crippen molar-refractivity contribution >= 4 is 23.1 Å². The molecule has 0 N–H and O–H groups in total. The first-order chi connectivity index (χ1) is 15.9. The molecule has 0 radical (unpaired) electrons. The van der Waals surface area contributed by atoms with Crippen LogP contribution >= 0.6 is 11.3 Å². The first-order valence-electron chi connectivity index (χ1n) is 10.4. The highest BCUT2D eigenvalue weighted by atomic mass is 32.1. The molecular weight excluding hydrogens is 455 g/mol. The lowest BCUT2D eigenvalue weighted by Gasteiger charge is -2.42. The van der Waals surface area contributed by atoms with Gasteiger partial charge < -0.3 is 14.5 Å². The Labute approximate surface area is 191 Å². The Bertz CT molecular complexity index is 1160. The summed E-state index contributed by atoms with van der Waals surface area (Å²) in [7, 11) is 1.22. The third-order valence-electron chi connectivity index (χ3n) is 6.08. The zero-order valence-corrected chi connectivity index (χ0v) is 18.4. The van der Waals surface area contributed by atoms with Gasteiger partial charge in [-0.2, -0.15) is 13.2 Å². The van der Waals surface area contributed by atoms with E-state index >= 15 is 0 Å². The summed E-state index contributed by atoms with van der Waals surface area (Å²) in [6, 6.07) is 4.06. The molecule has 172 valence electrons. The van der Waals surface area contributed by atoms with Gasteiger partial charge in [0, 0.05) is 49.1 Å². The normalized spacial score (nSPS) is 20.2. The Morgan fingerprint density at radius 3 is 2.48 bits per heavy atom. The third kappa shape index (κ3) is 3.79. The highest BCUT2D eigenvalue weighted by molar-refractivity contribution is 7.13. The topological polar surface area (TPSA) is 71.5 Å². The van der Waals surface area contributed by atoms with Crippen LogP contribution < -0.4 is 9.64 Å². The fourth-order valence-electron chi connectivity index (χ4n) is 4.72. The maximum absolute atomic E-state index is 13.5. The Morgan fingerprint density at radius 1 is 1.09 bits per heavy atom. The first-order valence-corrected chi connectivity index (χ1v) is 11.3. The average Bonchev–Trinajstić information content (AvgIpc) is 3.43. The molecule has 11 heteroatoms. The number of nitrogens with zero attached hydrogens (tertiary/aromatic N) is 5. The van der Waals surface area contributed by atoms with E-state index in [1.54, 1.807) is 29.4 Å². The van der Waals surface area contributed by atoms with Crippen molar-refractivity contribution in [1.82, 2.24) is 19.9 Å². The van der Waals surface area contributed by atoms with E-state index < -0.39 is 11.7 Å². The van der Waals surface area contributed by atoms with Crippen LogP contribution in [-0.4, -0.2) is 58.0 Å². The number of methoxy groups -OCH3 is 1. The third-order valence-corrected chi connectivity index (χ3v) is 6.86. The van der Waals surface area contributed by atoms with Crippen LogP contribution in [0.2, 0.25) is 0 Å². The van der Waals surface area contributed by atoms with Gasteiger partial charge in [-0.15, -0.1) is 11.3 Å². The largest absolute Gasteiger partial charge is 0.492 e. The number of fused-ring (bicyclic) bond motifs is 2. The Hall–Kier alpha value is -3.21. The molecule has 2 aliphatic rings. The highest BCUT2D eigenvalue weighted by Gasteiger charge is 2.45. The van der Waals surface area contributed by atoms with Gasteiger partial charge >= 0.3 is 6.18 Å². The number of rotatable bonds is 4. The molecule has 7 nitrogen and oxygen atoms in total. The Morgan fingerprint density at radius 2 is 1.85 bits per heavy atom.